The Morgan fingerprint density at radius 2 is 2.17 bits per heavy atom. The third-order valence-electron chi connectivity index (χ3n) is 2.98. The lowest BCUT2D eigenvalue weighted by Gasteiger charge is -2.08. The molecule has 1 N–H and O–H groups in total. The monoisotopic (exact) mass is 284 g/mol. The third-order valence-corrected chi connectivity index (χ3v) is 4.34. The molecule has 5 heteroatoms. The summed E-state index contributed by atoms with van der Waals surface area (Å²) in [6.07, 6.45) is 0. The molecule has 96 valence electrons. The zero-order valence-corrected chi connectivity index (χ0v) is 11.9. The van der Waals surface area contributed by atoms with Crippen LogP contribution in [0.25, 0.3) is 10.1 Å². The summed E-state index contributed by atoms with van der Waals surface area (Å²) in [5.41, 5.74) is 0.801. The molecule has 0 aliphatic heterocycles. The highest BCUT2D eigenvalue weighted by Crippen LogP contribution is 2.41. The summed E-state index contributed by atoms with van der Waals surface area (Å²) in [5, 5.41) is 10.5. The van der Waals surface area contributed by atoms with E-state index in [4.69, 9.17) is 21.4 Å². The third kappa shape index (κ3) is 2.06. The topological polar surface area (TPSA) is 46.5 Å². The zero-order chi connectivity index (χ0) is 13.4. The number of fused-ring (bicyclic) bond motifs is 1. The van der Waals surface area contributed by atoms with Gasteiger partial charge >= 0.3 is 5.97 Å². The fraction of sp³-hybridized carbons (Fsp3) is 0.308. The summed E-state index contributed by atoms with van der Waals surface area (Å²) >= 11 is 7.78. The first-order valence-electron chi connectivity index (χ1n) is 5.45. The molecule has 0 radical (unpaired) electrons. The van der Waals surface area contributed by atoms with E-state index in [0.29, 0.717) is 10.8 Å². The molecule has 1 heterocycles. The van der Waals surface area contributed by atoms with Gasteiger partial charge in [0.15, 0.2) is 0 Å². The van der Waals surface area contributed by atoms with Gasteiger partial charge in [-0.25, -0.2) is 0 Å². The Labute approximate surface area is 114 Å². The van der Waals surface area contributed by atoms with Gasteiger partial charge in [0.05, 0.1) is 18.1 Å². The fourth-order valence-electron chi connectivity index (χ4n) is 2.06. The number of carboxylic acids is 1. The molecule has 2 rings (SSSR count). The van der Waals surface area contributed by atoms with E-state index in [2.05, 4.69) is 0 Å². The van der Waals surface area contributed by atoms with Gasteiger partial charge in [0.25, 0.3) is 0 Å². The molecule has 0 amide bonds. The second-order valence-electron chi connectivity index (χ2n) is 4.11. The van der Waals surface area contributed by atoms with Crippen molar-refractivity contribution in [2.75, 3.05) is 7.11 Å². The first kappa shape index (κ1) is 13.2. The molecular formula is C13H13ClO3S. The second-order valence-corrected chi connectivity index (χ2v) is 5.78. The summed E-state index contributed by atoms with van der Waals surface area (Å²) < 4.78 is 6.12. The summed E-state index contributed by atoms with van der Waals surface area (Å²) in [7, 11) is 1.58. The van der Waals surface area contributed by atoms with Gasteiger partial charge in [-0.3, -0.25) is 4.79 Å². The fourth-order valence-corrected chi connectivity index (χ4v) is 3.64. The molecule has 0 bridgehead atoms. The molecule has 18 heavy (non-hydrogen) atoms. The van der Waals surface area contributed by atoms with E-state index in [1.54, 1.807) is 31.4 Å². The first-order chi connectivity index (χ1) is 8.45. The van der Waals surface area contributed by atoms with Crippen LogP contribution in [-0.2, 0) is 4.79 Å². The van der Waals surface area contributed by atoms with Gasteiger partial charge in [0, 0.05) is 15.0 Å². The number of rotatable bonds is 3. The van der Waals surface area contributed by atoms with E-state index < -0.39 is 11.9 Å². The minimum Gasteiger partial charge on any atom is -0.497 e. The molecule has 3 nitrogen and oxygen atoms in total. The molecule has 1 aromatic heterocycles. The van der Waals surface area contributed by atoms with Gasteiger partial charge in [0.1, 0.15) is 5.75 Å². The molecule has 0 fully saturated rings. The predicted molar refractivity (Wildman–Crippen MR) is 74.2 cm³/mol. The van der Waals surface area contributed by atoms with E-state index in [0.717, 1.165) is 20.5 Å². The van der Waals surface area contributed by atoms with E-state index >= 15 is 0 Å². The Morgan fingerprint density at radius 1 is 1.50 bits per heavy atom. The maximum absolute atomic E-state index is 11.2. The predicted octanol–water partition coefficient (Wildman–Crippen LogP) is 4.06. The van der Waals surface area contributed by atoms with Crippen molar-refractivity contribution in [3.05, 3.63) is 27.6 Å². The molecule has 0 saturated heterocycles. The number of halogens is 1. The first-order valence-corrected chi connectivity index (χ1v) is 6.64. The molecular weight excluding hydrogens is 272 g/mol. The van der Waals surface area contributed by atoms with Crippen LogP contribution in [0.2, 0.25) is 5.02 Å². The minimum atomic E-state index is -0.843. The van der Waals surface area contributed by atoms with Crippen LogP contribution in [0.15, 0.2) is 12.1 Å². The van der Waals surface area contributed by atoms with E-state index in [1.165, 1.54) is 0 Å². The van der Waals surface area contributed by atoms with Crippen molar-refractivity contribution in [2.24, 2.45) is 0 Å². The summed E-state index contributed by atoms with van der Waals surface area (Å²) in [4.78, 5) is 12.1. The smallest absolute Gasteiger partial charge is 0.310 e. The van der Waals surface area contributed by atoms with Crippen LogP contribution in [0.5, 0.6) is 5.75 Å². The Bertz CT molecular complexity index is 618. The number of benzene rings is 1. The number of carbonyl (C=O) groups is 1. The van der Waals surface area contributed by atoms with E-state index in [9.17, 15) is 4.79 Å². The van der Waals surface area contributed by atoms with Gasteiger partial charge in [-0.1, -0.05) is 11.6 Å². The highest BCUT2D eigenvalue weighted by atomic mass is 35.5. The van der Waals surface area contributed by atoms with Crippen molar-refractivity contribution >= 4 is 39.0 Å². The minimum absolute atomic E-state index is 0.539. The molecule has 1 unspecified atom stereocenters. The molecule has 0 spiro atoms. The van der Waals surface area contributed by atoms with Crippen molar-refractivity contribution in [1.82, 2.24) is 0 Å². The number of carboxylic acid groups (broad SMARTS) is 1. The SMILES string of the molecule is COc1cc(Cl)c2c(C(C)C(=O)O)c(C)sc2c1. The van der Waals surface area contributed by atoms with Crippen molar-refractivity contribution < 1.29 is 14.6 Å². The summed E-state index contributed by atoms with van der Waals surface area (Å²) in [6.45, 7) is 3.60. The standard InChI is InChI=1S/C13H13ClO3S/c1-6(13(15)16)11-7(2)18-10-5-8(17-3)4-9(14)12(10)11/h4-6H,1-3H3,(H,15,16). The van der Waals surface area contributed by atoms with Crippen LogP contribution in [0, 0.1) is 6.92 Å². The maximum atomic E-state index is 11.2. The zero-order valence-electron chi connectivity index (χ0n) is 10.3. The van der Waals surface area contributed by atoms with Crippen LogP contribution in [0.3, 0.4) is 0 Å². The Hall–Kier alpha value is -1.26. The lowest BCUT2D eigenvalue weighted by Crippen LogP contribution is -2.07. The van der Waals surface area contributed by atoms with Crippen molar-refractivity contribution in [1.29, 1.82) is 0 Å². The second kappa shape index (κ2) is 4.78. The van der Waals surface area contributed by atoms with E-state index in [1.807, 2.05) is 13.0 Å². The molecule has 1 aromatic carbocycles. The quantitative estimate of drug-likeness (QED) is 0.924. The number of hydrogen-bond acceptors (Lipinski definition) is 3. The Balaban J connectivity index is 2.75. The largest absolute Gasteiger partial charge is 0.497 e. The van der Waals surface area contributed by atoms with Gasteiger partial charge in [-0.05, 0) is 31.5 Å². The van der Waals surface area contributed by atoms with Crippen LogP contribution in [0.1, 0.15) is 23.3 Å². The number of methoxy groups -OCH3 is 1. The number of aliphatic carboxylic acids is 1. The van der Waals surface area contributed by atoms with Crippen LogP contribution < -0.4 is 4.74 Å². The van der Waals surface area contributed by atoms with Gasteiger partial charge in [-0.15, -0.1) is 11.3 Å². The number of hydrogen-bond donors (Lipinski definition) is 1. The number of aryl methyl sites for hydroxylation is 1. The van der Waals surface area contributed by atoms with Crippen molar-refractivity contribution in [2.45, 2.75) is 19.8 Å². The van der Waals surface area contributed by atoms with Crippen molar-refractivity contribution in [3.8, 4) is 5.75 Å². The average Bonchev–Trinajstić information content (AvgIpc) is 2.64. The molecule has 1 atom stereocenters. The summed E-state index contributed by atoms with van der Waals surface area (Å²) in [6, 6.07) is 3.60. The Kier molecular flexibility index (Phi) is 3.50. The van der Waals surface area contributed by atoms with Gasteiger partial charge in [-0.2, -0.15) is 0 Å². The van der Waals surface area contributed by atoms with Crippen LogP contribution >= 0.6 is 22.9 Å². The molecule has 0 aliphatic rings. The normalized spacial score (nSPS) is 12.7. The highest BCUT2D eigenvalue weighted by molar-refractivity contribution is 7.19. The molecule has 0 aliphatic carbocycles. The average molecular weight is 285 g/mol. The molecule has 0 saturated carbocycles. The van der Waals surface area contributed by atoms with Gasteiger partial charge in [0.2, 0.25) is 0 Å². The number of thiophene rings is 1. The van der Waals surface area contributed by atoms with Gasteiger partial charge < -0.3 is 9.84 Å². The molecule has 2 aromatic rings. The summed E-state index contributed by atoms with van der Waals surface area (Å²) in [5.74, 6) is -0.724. The number of ether oxygens (including phenoxy) is 1. The lowest BCUT2D eigenvalue weighted by atomic mass is 9.98. The highest BCUT2D eigenvalue weighted by Gasteiger charge is 2.23. The van der Waals surface area contributed by atoms with E-state index in [-0.39, 0.29) is 0 Å². The van der Waals surface area contributed by atoms with Crippen LogP contribution in [0.4, 0.5) is 0 Å². The Morgan fingerprint density at radius 3 is 2.72 bits per heavy atom. The lowest BCUT2D eigenvalue weighted by molar-refractivity contribution is -0.138. The maximum Gasteiger partial charge on any atom is 0.310 e. The van der Waals surface area contributed by atoms with Crippen molar-refractivity contribution in [3.63, 3.8) is 0 Å². The van der Waals surface area contributed by atoms with Crippen LogP contribution in [-0.4, -0.2) is 18.2 Å².